The van der Waals surface area contributed by atoms with Crippen LogP contribution in [0, 0.1) is 6.92 Å². The summed E-state index contributed by atoms with van der Waals surface area (Å²) < 4.78 is 11.0. The maximum absolute atomic E-state index is 5.75. The summed E-state index contributed by atoms with van der Waals surface area (Å²) in [5, 5.41) is 3.53. The van der Waals surface area contributed by atoms with Gasteiger partial charge in [0.25, 0.3) is 0 Å². The van der Waals surface area contributed by atoms with Gasteiger partial charge in [0.1, 0.15) is 11.6 Å². The second-order valence-electron chi connectivity index (χ2n) is 4.50. The lowest BCUT2D eigenvalue weighted by Gasteiger charge is -2.20. The van der Waals surface area contributed by atoms with Gasteiger partial charge in [-0.1, -0.05) is 36.9 Å². The molecule has 1 unspecified atom stereocenters. The number of nitrogens with zero attached hydrogens (tertiary/aromatic N) is 2. The van der Waals surface area contributed by atoms with Crippen LogP contribution in [0.5, 0.6) is 5.75 Å². The highest BCUT2D eigenvalue weighted by molar-refractivity contribution is 8.00. The first-order chi connectivity index (χ1) is 10.2. The molecule has 0 bridgehead atoms. The van der Waals surface area contributed by atoms with Crippen molar-refractivity contribution in [2.45, 2.75) is 31.2 Å². The van der Waals surface area contributed by atoms with E-state index in [-0.39, 0.29) is 6.04 Å². The van der Waals surface area contributed by atoms with E-state index in [9.17, 15) is 0 Å². The van der Waals surface area contributed by atoms with Crippen LogP contribution in [-0.2, 0) is 0 Å². The van der Waals surface area contributed by atoms with Crippen molar-refractivity contribution in [3.63, 3.8) is 0 Å². The first-order valence-corrected chi connectivity index (χ1v) is 8.88. The van der Waals surface area contributed by atoms with Crippen LogP contribution in [-0.4, -0.2) is 28.3 Å². The molecule has 6 heteroatoms. The Labute approximate surface area is 134 Å². The van der Waals surface area contributed by atoms with E-state index in [0.29, 0.717) is 6.61 Å². The molecule has 0 saturated heterocycles. The summed E-state index contributed by atoms with van der Waals surface area (Å²) in [6, 6.07) is 8.47. The number of para-hydroxylation sites is 1. The van der Waals surface area contributed by atoms with Gasteiger partial charge in [0.05, 0.1) is 6.61 Å². The molecule has 0 radical (unpaired) electrons. The number of nitrogens with one attached hydrogen (secondary N) is 1. The summed E-state index contributed by atoms with van der Waals surface area (Å²) in [6.07, 6.45) is 0. The first-order valence-electron chi connectivity index (χ1n) is 7.12. The van der Waals surface area contributed by atoms with Gasteiger partial charge >= 0.3 is 0 Å². The summed E-state index contributed by atoms with van der Waals surface area (Å²) in [5.41, 5.74) is 1.20. The Kier molecular flexibility index (Phi) is 6.48. The van der Waals surface area contributed by atoms with Gasteiger partial charge in [-0.25, -0.2) is 4.98 Å². The molecule has 1 heterocycles. The molecule has 1 aromatic carbocycles. The quantitative estimate of drug-likeness (QED) is 0.751. The molecule has 0 aliphatic rings. The normalized spacial score (nSPS) is 12.3. The molecule has 0 aliphatic carbocycles. The third-order valence-electron chi connectivity index (χ3n) is 2.93. The number of thioether (sulfide) groups is 1. The van der Waals surface area contributed by atoms with Gasteiger partial charge < -0.3 is 10.1 Å². The third-order valence-corrected chi connectivity index (χ3v) is 4.95. The molecule has 114 valence electrons. The van der Waals surface area contributed by atoms with E-state index >= 15 is 0 Å². The molecule has 4 nitrogen and oxygen atoms in total. The lowest BCUT2D eigenvalue weighted by atomic mass is 10.1. The minimum atomic E-state index is 0.243. The van der Waals surface area contributed by atoms with Crippen molar-refractivity contribution in [2.75, 3.05) is 18.9 Å². The number of aromatic nitrogens is 2. The second-order valence-corrected chi connectivity index (χ2v) is 6.52. The zero-order valence-corrected chi connectivity index (χ0v) is 14.3. The minimum absolute atomic E-state index is 0.243. The molecular weight excluding hydrogens is 302 g/mol. The predicted octanol–water partition coefficient (Wildman–Crippen LogP) is 3.69. The average Bonchev–Trinajstić information content (AvgIpc) is 2.90. The molecule has 0 amide bonds. The van der Waals surface area contributed by atoms with Gasteiger partial charge in [0.15, 0.2) is 4.34 Å². The molecule has 0 spiro atoms. The van der Waals surface area contributed by atoms with Crippen molar-refractivity contribution < 1.29 is 4.74 Å². The Morgan fingerprint density at radius 2 is 2.14 bits per heavy atom. The molecule has 0 saturated carbocycles. The fourth-order valence-corrected chi connectivity index (χ4v) is 3.81. The number of benzene rings is 1. The van der Waals surface area contributed by atoms with Gasteiger partial charge in [-0.2, -0.15) is 4.37 Å². The molecule has 2 rings (SSSR count). The summed E-state index contributed by atoms with van der Waals surface area (Å²) in [4.78, 5) is 4.41. The van der Waals surface area contributed by atoms with Gasteiger partial charge in [-0.15, -0.1) is 0 Å². The fourth-order valence-electron chi connectivity index (χ4n) is 2.05. The van der Waals surface area contributed by atoms with Crippen molar-refractivity contribution in [3.8, 4) is 5.75 Å². The van der Waals surface area contributed by atoms with Gasteiger partial charge in [-0.05, 0) is 38.0 Å². The Bertz CT molecular complexity index is 559. The summed E-state index contributed by atoms with van der Waals surface area (Å²) in [7, 11) is 0. The topological polar surface area (TPSA) is 47.0 Å². The summed E-state index contributed by atoms with van der Waals surface area (Å²) in [6.45, 7) is 7.65. The van der Waals surface area contributed by atoms with E-state index in [0.717, 1.165) is 28.2 Å². The van der Waals surface area contributed by atoms with Crippen molar-refractivity contribution in [1.29, 1.82) is 0 Å². The van der Waals surface area contributed by atoms with Crippen LogP contribution in [0.4, 0.5) is 0 Å². The molecule has 0 aliphatic heterocycles. The summed E-state index contributed by atoms with van der Waals surface area (Å²) >= 11 is 3.20. The van der Waals surface area contributed by atoms with E-state index in [1.807, 2.05) is 26.0 Å². The fraction of sp³-hybridized carbons (Fsp3) is 0.467. The zero-order chi connectivity index (χ0) is 15.1. The van der Waals surface area contributed by atoms with E-state index in [1.165, 1.54) is 17.1 Å². The molecule has 21 heavy (non-hydrogen) atoms. The number of aryl methyl sites for hydroxylation is 1. The van der Waals surface area contributed by atoms with Crippen LogP contribution < -0.4 is 10.1 Å². The Hall–Kier alpha value is -1.11. The molecule has 1 atom stereocenters. The Morgan fingerprint density at radius 1 is 1.33 bits per heavy atom. The molecule has 0 fully saturated rings. The number of rotatable bonds is 8. The van der Waals surface area contributed by atoms with Crippen molar-refractivity contribution in [2.24, 2.45) is 0 Å². The van der Waals surface area contributed by atoms with Crippen LogP contribution in [0.25, 0.3) is 0 Å². The van der Waals surface area contributed by atoms with Crippen LogP contribution >= 0.6 is 23.3 Å². The maximum atomic E-state index is 5.75. The van der Waals surface area contributed by atoms with Crippen molar-refractivity contribution in [1.82, 2.24) is 14.7 Å². The third kappa shape index (κ3) is 4.69. The van der Waals surface area contributed by atoms with Crippen LogP contribution in [0.3, 0.4) is 0 Å². The number of hydrogen-bond donors (Lipinski definition) is 1. The highest BCUT2D eigenvalue weighted by atomic mass is 32.2. The Balaban J connectivity index is 2.10. The lowest BCUT2D eigenvalue weighted by molar-refractivity contribution is 0.333. The smallest absolute Gasteiger partial charge is 0.170 e. The molecular formula is C15H21N3OS2. The first kappa shape index (κ1) is 16.3. The maximum Gasteiger partial charge on any atom is 0.170 e. The van der Waals surface area contributed by atoms with Crippen LogP contribution in [0.2, 0.25) is 0 Å². The minimum Gasteiger partial charge on any atom is -0.494 e. The van der Waals surface area contributed by atoms with Crippen LogP contribution in [0.15, 0.2) is 28.6 Å². The highest BCUT2D eigenvalue weighted by Crippen LogP contribution is 2.30. The number of hydrogen-bond acceptors (Lipinski definition) is 6. The predicted molar refractivity (Wildman–Crippen MR) is 89.4 cm³/mol. The van der Waals surface area contributed by atoms with Crippen LogP contribution in [0.1, 0.15) is 31.3 Å². The molecule has 2 aromatic rings. The van der Waals surface area contributed by atoms with E-state index in [2.05, 4.69) is 33.7 Å². The van der Waals surface area contributed by atoms with Crippen molar-refractivity contribution in [3.05, 3.63) is 35.7 Å². The van der Waals surface area contributed by atoms with Gasteiger partial charge in [-0.3, -0.25) is 0 Å². The highest BCUT2D eigenvalue weighted by Gasteiger charge is 2.16. The van der Waals surface area contributed by atoms with Gasteiger partial charge in [0, 0.05) is 17.4 Å². The summed E-state index contributed by atoms with van der Waals surface area (Å²) in [5.74, 6) is 2.71. The van der Waals surface area contributed by atoms with E-state index in [1.54, 1.807) is 11.8 Å². The lowest BCUT2D eigenvalue weighted by Crippen LogP contribution is -2.23. The monoisotopic (exact) mass is 323 g/mol. The molecule has 1 aromatic heterocycles. The standard InChI is InChI=1S/C15H21N3OS2/c1-4-16-13(10-20-15-17-11(3)18-21-15)12-8-6-7-9-14(12)19-5-2/h6-9,13,16H,4-5,10H2,1-3H3. The van der Waals surface area contributed by atoms with E-state index < -0.39 is 0 Å². The molecule has 1 N–H and O–H groups in total. The number of ether oxygens (including phenoxy) is 1. The Morgan fingerprint density at radius 3 is 2.81 bits per heavy atom. The van der Waals surface area contributed by atoms with Crippen molar-refractivity contribution >= 4 is 23.3 Å². The zero-order valence-electron chi connectivity index (χ0n) is 12.6. The average molecular weight is 323 g/mol. The second kappa shape index (κ2) is 8.36. The SMILES string of the molecule is CCNC(CSc1nc(C)ns1)c1ccccc1OCC. The van der Waals surface area contributed by atoms with E-state index in [4.69, 9.17) is 4.74 Å². The largest absolute Gasteiger partial charge is 0.494 e. The van der Waals surface area contributed by atoms with Gasteiger partial charge in [0.2, 0.25) is 0 Å².